The molecular formula is C29H33NO3. The number of ether oxygens (including phenoxy) is 1. The Kier molecular flexibility index (Phi) is 8.99. The minimum Gasteiger partial charge on any atom is -0.357 e. The van der Waals surface area contributed by atoms with Gasteiger partial charge in [0.1, 0.15) is 5.60 Å². The van der Waals surface area contributed by atoms with Crippen LogP contribution in [-0.2, 0) is 20.0 Å². The maximum Gasteiger partial charge on any atom is 0.245 e. The SMILES string of the molecule is CON(C)C(=O)CCC(C)C=CCOC(c1ccccc1)(c1ccccc1)c1ccccc1. The fourth-order valence-corrected chi connectivity index (χ4v) is 3.94. The molecule has 3 aromatic carbocycles. The van der Waals surface area contributed by atoms with E-state index in [0.717, 1.165) is 23.1 Å². The number of amides is 1. The van der Waals surface area contributed by atoms with Gasteiger partial charge in [0, 0.05) is 13.5 Å². The predicted octanol–water partition coefficient (Wildman–Crippen LogP) is 5.99. The molecule has 172 valence electrons. The Morgan fingerprint density at radius 2 is 1.33 bits per heavy atom. The number of hydrogen-bond acceptors (Lipinski definition) is 3. The molecule has 0 radical (unpaired) electrons. The highest BCUT2D eigenvalue weighted by atomic mass is 16.7. The van der Waals surface area contributed by atoms with Gasteiger partial charge in [-0.15, -0.1) is 0 Å². The maximum absolute atomic E-state index is 12.0. The first-order valence-corrected chi connectivity index (χ1v) is 11.4. The van der Waals surface area contributed by atoms with E-state index in [-0.39, 0.29) is 11.8 Å². The first-order chi connectivity index (χ1) is 16.1. The summed E-state index contributed by atoms with van der Waals surface area (Å²) in [6.45, 7) is 2.55. The van der Waals surface area contributed by atoms with Gasteiger partial charge in [0.15, 0.2) is 0 Å². The molecule has 0 aromatic heterocycles. The number of rotatable bonds is 11. The van der Waals surface area contributed by atoms with Gasteiger partial charge >= 0.3 is 0 Å². The van der Waals surface area contributed by atoms with Crippen LogP contribution in [0.4, 0.5) is 0 Å². The smallest absolute Gasteiger partial charge is 0.245 e. The van der Waals surface area contributed by atoms with E-state index in [1.165, 1.54) is 12.2 Å². The van der Waals surface area contributed by atoms with Crippen molar-refractivity contribution in [3.05, 3.63) is 120 Å². The van der Waals surface area contributed by atoms with Crippen molar-refractivity contribution in [2.45, 2.75) is 25.4 Å². The number of nitrogens with zero attached hydrogens (tertiary/aromatic N) is 1. The molecular weight excluding hydrogens is 410 g/mol. The molecule has 0 aliphatic heterocycles. The van der Waals surface area contributed by atoms with Crippen LogP contribution >= 0.6 is 0 Å². The Bertz CT molecular complexity index is 906. The monoisotopic (exact) mass is 443 g/mol. The summed E-state index contributed by atoms with van der Waals surface area (Å²) in [5, 5.41) is 1.27. The Morgan fingerprint density at radius 3 is 1.76 bits per heavy atom. The Balaban J connectivity index is 1.83. The van der Waals surface area contributed by atoms with Gasteiger partial charge in [0.05, 0.1) is 13.7 Å². The molecule has 0 saturated heterocycles. The lowest BCUT2D eigenvalue weighted by Crippen LogP contribution is -2.33. The molecule has 4 heteroatoms. The lowest BCUT2D eigenvalue weighted by Gasteiger charge is -2.35. The second kappa shape index (κ2) is 12.1. The summed E-state index contributed by atoms with van der Waals surface area (Å²) in [7, 11) is 3.13. The van der Waals surface area contributed by atoms with E-state index in [1.54, 1.807) is 7.05 Å². The fraction of sp³-hybridized carbons (Fsp3) is 0.276. The third-order valence-corrected chi connectivity index (χ3v) is 5.84. The highest BCUT2D eigenvalue weighted by Gasteiger charge is 2.37. The predicted molar refractivity (Wildman–Crippen MR) is 132 cm³/mol. The fourth-order valence-electron chi connectivity index (χ4n) is 3.94. The van der Waals surface area contributed by atoms with Crippen molar-refractivity contribution in [1.82, 2.24) is 5.06 Å². The molecule has 33 heavy (non-hydrogen) atoms. The lowest BCUT2D eigenvalue weighted by atomic mass is 9.80. The minimum atomic E-state index is -0.728. The third-order valence-electron chi connectivity index (χ3n) is 5.84. The highest BCUT2D eigenvalue weighted by Crippen LogP contribution is 2.40. The highest BCUT2D eigenvalue weighted by molar-refractivity contribution is 5.74. The number of hydroxylamine groups is 2. The summed E-state index contributed by atoms with van der Waals surface area (Å²) in [4.78, 5) is 16.9. The quantitative estimate of drug-likeness (QED) is 0.208. The molecule has 0 saturated carbocycles. The summed E-state index contributed by atoms with van der Waals surface area (Å²) in [5.74, 6) is 0.229. The number of benzene rings is 3. The second-order valence-electron chi connectivity index (χ2n) is 8.11. The Labute approximate surface area is 197 Å². The number of allylic oxidation sites excluding steroid dienone is 1. The molecule has 0 bridgehead atoms. The molecule has 3 rings (SSSR count). The first kappa shape index (κ1) is 24.4. The van der Waals surface area contributed by atoms with Gasteiger partial charge in [-0.2, -0.15) is 0 Å². The van der Waals surface area contributed by atoms with Crippen LogP contribution in [0.2, 0.25) is 0 Å². The standard InChI is InChI=1S/C29H33NO3/c1-24(21-22-28(31)30(2)32-3)14-13-23-33-29(25-15-7-4-8-16-25,26-17-9-5-10-18-26)27-19-11-6-12-20-27/h4-20,24H,21-23H2,1-3H3. The van der Waals surface area contributed by atoms with Crippen molar-refractivity contribution in [2.75, 3.05) is 20.8 Å². The van der Waals surface area contributed by atoms with Crippen molar-refractivity contribution in [2.24, 2.45) is 5.92 Å². The zero-order valence-electron chi connectivity index (χ0n) is 19.7. The average molecular weight is 444 g/mol. The van der Waals surface area contributed by atoms with Crippen LogP contribution in [0.5, 0.6) is 0 Å². The topological polar surface area (TPSA) is 38.8 Å². The Hall–Kier alpha value is -3.21. The van der Waals surface area contributed by atoms with Crippen LogP contribution in [0.1, 0.15) is 36.5 Å². The molecule has 1 atom stereocenters. The normalized spacial score (nSPS) is 12.6. The zero-order valence-corrected chi connectivity index (χ0v) is 19.7. The van der Waals surface area contributed by atoms with E-state index >= 15 is 0 Å². The van der Waals surface area contributed by atoms with Gasteiger partial charge < -0.3 is 4.74 Å². The minimum absolute atomic E-state index is 0.0229. The largest absolute Gasteiger partial charge is 0.357 e. The van der Waals surface area contributed by atoms with E-state index in [9.17, 15) is 4.79 Å². The van der Waals surface area contributed by atoms with Gasteiger partial charge in [-0.25, -0.2) is 5.06 Å². The summed E-state index contributed by atoms with van der Waals surface area (Å²) in [6.07, 6.45) is 5.37. The summed E-state index contributed by atoms with van der Waals surface area (Å²) in [6, 6.07) is 31.0. The van der Waals surface area contributed by atoms with Crippen LogP contribution in [-0.4, -0.2) is 31.7 Å². The van der Waals surface area contributed by atoms with Crippen LogP contribution in [0, 0.1) is 5.92 Å². The average Bonchev–Trinajstić information content (AvgIpc) is 2.88. The second-order valence-corrected chi connectivity index (χ2v) is 8.11. The van der Waals surface area contributed by atoms with E-state index in [2.05, 4.69) is 55.5 Å². The number of hydrogen-bond donors (Lipinski definition) is 0. The van der Waals surface area contributed by atoms with Crippen molar-refractivity contribution in [3.8, 4) is 0 Å². The molecule has 0 N–H and O–H groups in total. The van der Waals surface area contributed by atoms with E-state index < -0.39 is 5.60 Å². The van der Waals surface area contributed by atoms with Crippen LogP contribution in [0.25, 0.3) is 0 Å². The molecule has 0 spiro atoms. The zero-order chi connectivity index (χ0) is 23.5. The van der Waals surface area contributed by atoms with Crippen LogP contribution in [0.15, 0.2) is 103 Å². The molecule has 0 aliphatic rings. The summed E-state index contributed by atoms with van der Waals surface area (Å²) in [5.41, 5.74) is 2.51. The lowest BCUT2D eigenvalue weighted by molar-refractivity contribution is -0.168. The summed E-state index contributed by atoms with van der Waals surface area (Å²) < 4.78 is 6.74. The van der Waals surface area contributed by atoms with Gasteiger partial charge in [-0.05, 0) is 29.0 Å². The molecule has 3 aromatic rings. The maximum atomic E-state index is 12.0. The van der Waals surface area contributed by atoms with E-state index in [0.29, 0.717) is 13.0 Å². The Morgan fingerprint density at radius 1 is 0.879 bits per heavy atom. The van der Waals surface area contributed by atoms with Gasteiger partial charge in [-0.3, -0.25) is 9.63 Å². The molecule has 4 nitrogen and oxygen atoms in total. The van der Waals surface area contributed by atoms with Crippen LogP contribution in [0.3, 0.4) is 0 Å². The number of carbonyl (C=O) groups excluding carboxylic acids is 1. The first-order valence-electron chi connectivity index (χ1n) is 11.4. The molecule has 0 fully saturated rings. The van der Waals surface area contributed by atoms with Gasteiger partial charge in [0.25, 0.3) is 0 Å². The van der Waals surface area contributed by atoms with Gasteiger partial charge in [0.2, 0.25) is 5.91 Å². The molecule has 0 aliphatic carbocycles. The van der Waals surface area contributed by atoms with Gasteiger partial charge in [-0.1, -0.05) is 110 Å². The van der Waals surface area contributed by atoms with Crippen molar-refractivity contribution in [3.63, 3.8) is 0 Å². The molecule has 1 unspecified atom stereocenters. The van der Waals surface area contributed by atoms with Crippen molar-refractivity contribution >= 4 is 5.91 Å². The molecule has 0 heterocycles. The third kappa shape index (κ3) is 6.19. The number of carbonyl (C=O) groups is 1. The van der Waals surface area contributed by atoms with Crippen molar-refractivity contribution < 1.29 is 14.4 Å². The van der Waals surface area contributed by atoms with E-state index in [4.69, 9.17) is 9.57 Å². The van der Waals surface area contributed by atoms with Crippen LogP contribution < -0.4 is 0 Å². The molecule has 1 amide bonds. The van der Waals surface area contributed by atoms with E-state index in [1.807, 2.05) is 54.6 Å². The van der Waals surface area contributed by atoms with Crippen molar-refractivity contribution in [1.29, 1.82) is 0 Å². The summed E-state index contributed by atoms with van der Waals surface area (Å²) >= 11 is 0.